The quantitative estimate of drug-likeness (QED) is 0.705. The number of amides is 2. The number of fused-ring (bicyclic) bond motifs is 3. The van der Waals surface area contributed by atoms with Crippen LogP contribution in [-0.2, 0) is 9.53 Å². The molecule has 6 heteroatoms. The van der Waals surface area contributed by atoms with Crippen LogP contribution in [0.5, 0.6) is 0 Å². The Balaban J connectivity index is 1.93. The molecule has 1 aliphatic rings. The number of hydrogen-bond acceptors (Lipinski definition) is 4. The average Bonchev–Trinajstić information content (AvgIpc) is 3.00. The van der Waals surface area contributed by atoms with Crippen molar-refractivity contribution in [1.82, 2.24) is 10.6 Å². The number of carbonyl (C=O) groups excluding carboxylic acids is 2. The second kappa shape index (κ2) is 6.22. The van der Waals surface area contributed by atoms with E-state index in [1.807, 2.05) is 42.5 Å². The lowest BCUT2D eigenvalue weighted by Crippen LogP contribution is -2.45. The highest BCUT2D eigenvalue weighted by molar-refractivity contribution is 6.06. The minimum atomic E-state index is -0.646. The summed E-state index contributed by atoms with van der Waals surface area (Å²) in [6.45, 7) is 3.69. The number of para-hydroxylation sites is 2. The molecule has 0 saturated heterocycles. The molecule has 0 spiro atoms. The molecule has 2 amide bonds. The number of nitrogens with one attached hydrogen (secondary N) is 2. The standard InChI is InChI=1S/C20H18N2O4/c1-3-25-19(23)16-11(2)21-20(24)22-17(16)14-9-6-8-13-12-7-4-5-10-15(12)26-18(13)14/h4-10,17H,3H2,1-2H3,(H2,21,22,24). The highest BCUT2D eigenvalue weighted by Gasteiger charge is 2.34. The summed E-state index contributed by atoms with van der Waals surface area (Å²) in [6.07, 6.45) is 0. The van der Waals surface area contributed by atoms with Crippen LogP contribution in [0.1, 0.15) is 25.5 Å². The van der Waals surface area contributed by atoms with E-state index in [2.05, 4.69) is 10.6 Å². The summed E-state index contributed by atoms with van der Waals surface area (Å²) in [5.74, 6) is -0.462. The van der Waals surface area contributed by atoms with E-state index in [0.717, 1.165) is 21.9 Å². The number of esters is 1. The molecule has 0 fully saturated rings. The molecule has 2 N–H and O–H groups in total. The number of rotatable bonds is 3. The second-order valence-electron chi connectivity index (χ2n) is 6.11. The lowest BCUT2D eigenvalue weighted by atomic mass is 9.94. The maximum Gasteiger partial charge on any atom is 0.338 e. The van der Waals surface area contributed by atoms with E-state index < -0.39 is 12.0 Å². The zero-order valence-corrected chi connectivity index (χ0v) is 14.5. The van der Waals surface area contributed by atoms with Gasteiger partial charge in [0.2, 0.25) is 0 Å². The molecule has 1 aliphatic heterocycles. The Morgan fingerprint density at radius 1 is 1.15 bits per heavy atom. The highest BCUT2D eigenvalue weighted by atomic mass is 16.5. The van der Waals surface area contributed by atoms with Gasteiger partial charge in [-0.25, -0.2) is 9.59 Å². The van der Waals surface area contributed by atoms with Gasteiger partial charge in [0.1, 0.15) is 11.2 Å². The van der Waals surface area contributed by atoms with E-state index in [0.29, 0.717) is 16.9 Å². The lowest BCUT2D eigenvalue weighted by molar-refractivity contribution is -0.139. The van der Waals surface area contributed by atoms with E-state index >= 15 is 0 Å². The van der Waals surface area contributed by atoms with Crippen molar-refractivity contribution in [2.45, 2.75) is 19.9 Å². The maximum atomic E-state index is 12.5. The van der Waals surface area contributed by atoms with Crippen molar-refractivity contribution in [2.75, 3.05) is 6.61 Å². The zero-order chi connectivity index (χ0) is 18.3. The molecule has 1 aromatic heterocycles. The minimum Gasteiger partial charge on any atom is -0.463 e. The molecule has 6 nitrogen and oxygen atoms in total. The van der Waals surface area contributed by atoms with Gasteiger partial charge in [-0.1, -0.05) is 36.4 Å². The molecule has 0 bridgehead atoms. The average molecular weight is 350 g/mol. The number of benzene rings is 2. The fourth-order valence-electron chi connectivity index (χ4n) is 3.40. The van der Waals surface area contributed by atoms with Gasteiger partial charge in [0.05, 0.1) is 18.2 Å². The molecule has 2 aromatic carbocycles. The van der Waals surface area contributed by atoms with Gasteiger partial charge in [0.25, 0.3) is 0 Å². The van der Waals surface area contributed by atoms with Crippen LogP contribution in [-0.4, -0.2) is 18.6 Å². The maximum absolute atomic E-state index is 12.5. The number of carbonyl (C=O) groups is 2. The van der Waals surface area contributed by atoms with Gasteiger partial charge in [0.15, 0.2) is 0 Å². The third-order valence-corrected chi connectivity index (χ3v) is 4.51. The van der Waals surface area contributed by atoms with Crippen LogP contribution >= 0.6 is 0 Å². The van der Waals surface area contributed by atoms with Crippen LogP contribution in [0.25, 0.3) is 21.9 Å². The fourth-order valence-corrected chi connectivity index (χ4v) is 3.40. The van der Waals surface area contributed by atoms with Gasteiger partial charge in [-0.05, 0) is 19.9 Å². The van der Waals surface area contributed by atoms with Crippen molar-refractivity contribution in [3.05, 3.63) is 59.3 Å². The van der Waals surface area contributed by atoms with Gasteiger partial charge in [-0.15, -0.1) is 0 Å². The van der Waals surface area contributed by atoms with Gasteiger partial charge in [-0.3, -0.25) is 0 Å². The lowest BCUT2D eigenvalue weighted by Gasteiger charge is -2.28. The van der Waals surface area contributed by atoms with Crippen molar-refractivity contribution in [3.63, 3.8) is 0 Å². The summed E-state index contributed by atoms with van der Waals surface area (Å²) in [5.41, 5.74) is 2.98. The first-order chi connectivity index (χ1) is 12.6. The first-order valence-electron chi connectivity index (χ1n) is 8.45. The number of urea groups is 1. The summed E-state index contributed by atoms with van der Waals surface area (Å²) in [7, 11) is 0. The van der Waals surface area contributed by atoms with E-state index in [1.54, 1.807) is 13.8 Å². The van der Waals surface area contributed by atoms with Gasteiger partial charge in [-0.2, -0.15) is 0 Å². The van der Waals surface area contributed by atoms with Crippen LogP contribution < -0.4 is 10.6 Å². The fraction of sp³-hybridized carbons (Fsp3) is 0.200. The molecule has 1 atom stereocenters. The van der Waals surface area contributed by atoms with Crippen molar-refractivity contribution >= 4 is 33.9 Å². The number of furan rings is 1. The molecular weight excluding hydrogens is 332 g/mol. The van der Waals surface area contributed by atoms with Crippen LogP contribution in [0.4, 0.5) is 4.79 Å². The minimum absolute atomic E-state index is 0.255. The number of ether oxygens (including phenoxy) is 1. The van der Waals surface area contributed by atoms with Gasteiger partial charge < -0.3 is 19.8 Å². The van der Waals surface area contributed by atoms with Crippen LogP contribution in [0.3, 0.4) is 0 Å². The number of hydrogen-bond donors (Lipinski definition) is 2. The van der Waals surface area contributed by atoms with Crippen molar-refractivity contribution < 1.29 is 18.7 Å². The molecule has 26 heavy (non-hydrogen) atoms. The van der Waals surface area contributed by atoms with Crippen molar-refractivity contribution in [2.24, 2.45) is 0 Å². The van der Waals surface area contributed by atoms with E-state index in [-0.39, 0.29) is 12.6 Å². The summed E-state index contributed by atoms with van der Waals surface area (Å²) >= 11 is 0. The summed E-state index contributed by atoms with van der Waals surface area (Å²) in [5, 5.41) is 7.39. The zero-order valence-electron chi connectivity index (χ0n) is 14.5. The van der Waals surface area contributed by atoms with Crippen molar-refractivity contribution in [3.8, 4) is 0 Å². The number of allylic oxidation sites excluding steroid dienone is 1. The normalized spacial score (nSPS) is 17.3. The first kappa shape index (κ1) is 16.2. The third-order valence-electron chi connectivity index (χ3n) is 4.51. The Morgan fingerprint density at radius 2 is 1.92 bits per heavy atom. The summed E-state index contributed by atoms with van der Waals surface area (Å²) < 4.78 is 11.2. The molecule has 0 saturated carbocycles. The predicted molar refractivity (Wildman–Crippen MR) is 97.5 cm³/mol. The third kappa shape index (κ3) is 2.50. The molecule has 132 valence electrons. The van der Waals surface area contributed by atoms with Gasteiger partial charge >= 0.3 is 12.0 Å². The Morgan fingerprint density at radius 3 is 2.73 bits per heavy atom. The van der Waals surface area contributed by atoms with Crippen LogP contribution in [0, 0.1) is 0 Å². The Kier molecular flexibility index (Phi) is 3.88. The molecule has 0 aliphatic carbocycles. The Labute approximate surface area is 149 Å². The van der Waals surface area contributed by atoms with Crippen molar-refractivity contribution in [1.29, 1.82) is 0 Å². The molecular formula is C20H18N2O4. The van der Waals surface area contributed by atoms with E-state index in [4.69, 9.17) is 9.15 Å². The summed E-state index contributed by atoms with van der Waals surface area (Å²) in [6, 6.07) is 12.4. The molecule has 4 rings (SSSR count). The summed E-state index contributed by atoms with van der Waals surface area (Å²) in [4.78, 5) is 24.6. The Hall–Kier alpha value is -3.28. The molecule has 3 aromatic rings. The monoisotopic (exact) mass is 350 g/mol. The van der Waals surface area contributed by atoms with E-state index in [9.17, 15) is 9.59 Å². The smallest absolute Gasteiger partial charge is 0.338 e. The molecule has 1 unspecified atom stereocenters. The largest absolute Gasteiger partial charge is 0.463 e. The van der Waals surface area contributed by atoms with E-state index in [1.165, 1.54) is 0 Å². The topological polar surface area (TPSA) is 80.6 Å². The van der Waals surface area contributed by atoms with Gasteiger partial charge in [0, 0.05) is 22.0 Å². The highest BCUT2D eigenvalue weighted by Crippen LogP contribution is 2.36. The second-order valence-corrected chi connectivity index (χ2v) is 6.11. The SMILES string of the molecule is CCOC(=O)C1=C(C)NC(=O)NC1c1cccc2c1oc1ccccc12. The predicted octanol–water partition coefficient (Wildman–Crippen LogP) is 3.78. The Bertz CT molecular complexity index is 1060. The molecule has 0 radical (unpaired) electrons. The molecule has 2 heterocycles. The first-order valence-corrected chi connectivity index (χ1v) is 8.45. The van der Waals surface area contributed by atoms with Crippen LogP contribution in [0.15, 0.2) is 58.2 Å². The van der Waals surface area contributed by atoms with Crippen LogP contribution in [0.2, 0.25) is 0 Å².